The van der Waals surface area contributed by atoms with Gasteiger partial charge < -0.3 is 5.32 Å². The van der Waals surface area contributed by atoms with Crippen LogP contribution >= 0.6 is 38.9 Å². The van der Waals surface area contributed by atoms with Crippen molar-refractivity contribution in [3.8, 4) is 0 Å². The Morgan fingerprint density at radius 1 is 1.39 bits per heavy atom. The van der Waals surface area contributed by atoms with Crippen molar-refractivity contribution < 1.29 is 0 Å². The summed E-state index contributed by atoms with van der Waals surface area (Å²) in [5.74, 6) is 0. The quantitative estimate of drug-likeness (QED) is 0.806. The van der Waals surface area contributed by atoms with Crippen LogP contribution in [0.2, 0.25) is 5.02 Å². The molecule has 4 heteroatoms. The number of rotatable bonds is 4. The number of hydrogen-bond acceptors (Lipinski definition) is 2. The average Bonchev–Trinajstić information content (AvgIpc) is 2.76. The Labute approximate surface area is 125 Å². The molecule has 1 unspecified atom stereocenters. The first-order valence-electron chi connectivity index (χ1n) is 5.85. The first-order valence-corrected chi connectivity index (χ1v) is 7.91. The standard InChI is InChI=1S/C14H15BrClNS/c1-3-17-13(14-12(15)6-7-18-14)11-8-10(16)5-4-9(11)2/h4-8,13,17H,3H2,1-2H3. The molecule has 0 aliphatic rings. The second-order valence-electron chi connectivity index (χ2n) is 4.12. The number of nitrogens with one attached hydrogen (secondary N) is 1. The Balaban J connectivity index is 2.48. The fraction of sp³-hybridized carbons (Fsp3) is 0.286. The molecule has 1 aromatic carbocycles. The Kier molecular flexibility index (Phi) is 4.84. The highest BCUT2D eigenvalue weighted by Gasteiger charge is 2.19. The first kappa shape index (κ1) is 14.1. The van der Waals surface area contributed by atoms with E-state index in [2.05, 4.69) is 58.7 Å². The summed E-state index contributed by atoms with van der Waals surface area (Å²) in [4.78, 5) is 1.29. The molecule has 2 rings (SSSR count). The third kappa shape index (κ3) is 2.97. The highest BCUT2D eigenvalue weighted by molar-refractivity contribution is 9.10. The molecule has 1 atom stereocenters. The lowest BCUT2D eigenvalue weighted by Crippen LogP contribution is -2.22. The van der Waals surface area contributed by atoms with E-state index in [1.807, 2.05) is 6.07 Å². The van der Waals surface area contributed by atoms with Crippen molar-refractivity contribution in [3.63, 3.8) is 0 Å². The molecule has 1 N–H and O–H groups in total. The molecule has 0 spiro atoms. The minimum atomic E-state index is 0.197. The minimum absolute atomic E-state index is 0.197. The van der Waals surface area contributed by atoms with Crippen molar-refractivity contribution in [3.05, 3.63) is 55.1 Å². The van der Waals surface area contributed by atoms with E-state index >= 15 is 0 Å². The van der Waals surface area contributed by atoms with Gasteiger partial charge in [0.1, 0.15) is 0 Å². The molecule has 0 aliphatic heterocycles. The van der Waals surface area contributed by atoms with Gasteiger partial charge in [-0.3, -0.25) is 0 Å². The maximum Gasteiger partial charge on any atom is 0.0685 e. The van der Waals surface area contributed by atoms with E-state index in [9.17, 15) is 0 Å². The van der Waals surface area contributed by atoms with Gasteiger partial charge in [0.25, 0.3) is 0 Å². The molecule has 0 aliphatic carbocycles. The molecule has 0 saturated carbocycles. The van der Waals surface area contributed by atoms with Crippen LogP contribution in [0.1, 0.15) is 29.0 Å². The predicted molar refractivity (Wildman–Crippen MR) is 83.7 cm³/mol. The van der Waals surface area contributed by atoms with Crippen molar-refractivity contribution in [2.45, 2.75) is 19.9 Å². The van der Waals surface area contributed by atoms with Crippen molar-refractivity contribution in [2.24, 2.45) is 0 Å². The number of aryl methyl sites for hydroxylation is 1. The van der Waals surface area contributed by atoms with Crippen molar-refractivity contribution in [2.75, 3.05) is 6.54 Å². The van der Waals surface area contributed by atoms with E-state index in [0.717, 1.165) is 16.0 Å². The monoisotopic (exact) mass is 343 g/mol. The molecule has 1 aromatic heterocycles. The first-order chi connectivity index (χ1) is 8.63. The van der Waals surface area contributed by atoms with Crippen LogP contribution in [0, 0.1) is 6.92 Å². The lowest BCUT2D eigenvalue weighted by atomic mass is 10.00. The molecule has 0 bridgehead atoms. The van der Waals surface area contributed by atoms with Crippen LogP contribution in [0.25, 0.3) is 0 Å². The zero-order chi connectivity index (χ0) is 13.1. The summed E-state index contributed by atoms with van der Waals surface area (Å²) in [5.41, 5.74) is 2.50. The highest BCUT2D eigenvalue weighted by atomic mass is 79.9. The topological polar surface area (TPSA) is 12.0 Å². The number of hydrogen-bond donors (Lipinski definition) is 1. The number of halogens is 2. The molecule has 0 saturated heterocycles. The van der Waals surface area contributed by atoms with Crippen LogP contribution in [0.4, 0.5) is 0 Å². The van der Waals surface area contributed by atoms with Gasteiger partial charge in [0.15, 0.2) is 0 Å². The summed E-state index contributed by atoms with van der Waals surface area (Å²) in [6.45, 7) is 5.16. The normalized spacial score (nSPS) is 12.7. The van der Waals surface area contributed by atoms with Gasteiger partial charge >= 0.3 is 0 Å². The van der Waals surface area contributed by atoms with E-state index in [1.165, 1.54) is 16.0 Å². The van der Waals surface area contributed by atoms with Gasteiger partial charge in [-0.05, 0) is 64.1 Å². The number of thiophene rings is 1. The Morgan fingerprint density at radius 2 is 2.17 bits per heavy atom. The molecule has 0 fully saturated rings. The van der Waals surface area contributed by atoms with Crippen LogP contribution in [0.15, 0.2) is 34.1 Å². The van der Waals surface area contributed by atoms with Gasteiger partial charge in [-0.25, -0.2) is 0 Å². The van der Waals surface area contributed by atoms with Gasteiger partial charge in [-0.15, -0.1) is 11.3 Å². The summed E-state index contributed by atoms with van der Waals surface area (Å²) in [5, 5.41) is 6.42. The lowest BCUT2D eigenvalue weighted by molar-refractivity contribution is 0.635. The summed E-state index contributed by atoms with van der Waals surface area (Å²) in [6, 6.07) is 8.35. The third-order valence-electron chi connectivity index (χ3n) is 2.87. The summed E-state index contributed by atoms with van der Waals surface area (Å²) < 4.78 is 1.15. The Bertz CT molecular complexity index is 538. The third-order valence-corrected chi connectivity index (χ3v) is 5.04. The van der Waals surface area contributed by atoms with Gasteiger partial charge in [-0.2, -0.15) is 0 Å². The van der Waals surface area contributed by atoms with E-state index in [0.29, 0.717) is 0 Å². The molecule has 1 heterocycles. The van der Waals surface area contributed by atoms with Crippen molar-refractivity contribution >= 4 is 38.9 Å². The highest BCUT2D eigenvalue weighted by Crippen LogP contribution is 2.35. The fourth-order valence-corrected chi connectivity index (χ4v) is 3.86. The zero-order valence-corrected chi connectivity index (χ0v) is 13.5. The largest absolute Gasteiger partial charge is 0.306 e. The summed E-state index contributed by atoms with van der Waals surface area (Å²) >= 11 is 11.5. The SMILES string of the molecule is CCNC(c1cc(Cl)ccc1C)c1sccc1Br. The summed E-state index contributed by atoms with van der Waals surface area (Å²) in [6.07, 6.45) is 0. The van der Waals surface area contributed by atoms with Crippen LogP contribution in [-0.2, 0) is 0 Å². The molecule has 18 heavy (non-hydrogen) atoms. The Morgan fingerprint density at radius 3 is 2.78 bits per heavy atom. The molecule has 0 radical (unpaired) electrons. The van der Waals surface area contributed by atoms with Crippen LogP contribution < -0.4 is 5.32 Å². The van der Waals surface area contributed by atoms with E-state index < -0.39 is 0 Å². The molecule has 0 amide bonds. The van der Waals surface area contributed by atoms with Crippen LogP contribution in [-0.4, -0.2) is 6.54 Å². The van der Waals surface area contributed by atoms with Gasteiger partial charge in [0.05, 0.1) is 6.04 Å². The van der Waals surface area contributed by atoms with E-state index in [1.54, 1.807) is 11.3 Å². The van der Waals surface area contributed by atoms with E-state index in [4.69, 9.17) is 11.6 Å². The second kappa shape index (κ2) is 6.20. The summed E-state index contributed by atoms with van der Waals surface area (Å²) in [7, 11) is 0. The fourth-order valence-electron chi connectivity index (χ4n) is 1.98. The van der Waals surface area contributed by atoms with Crippen LogP contribution in [0.5, 0.6) is 0 Å². The molecule has 96 valence electrons. The van der Waals surface area contributed by atoms with Crippen molar-refractivity contribution in [1.29, 1.82) is 0 Å². The van der Waals surface area contributed by atoms with Crippen LogP contribution in [0.3, 0.4) is 0 Å². The predicted octanol–water partition coefficient (Wildman–Crippen LogP) is 5.17. The smallest absolute Gasteiger partial charge is 0.0685 e. The molecular weight excluding hydrogens is 330 g/mol. The average molecular weight is 345 g/mol. The zero-order valence-electron chi connectivity index (χ0n) is 10.3. The minimum Gasteiger partial charge on any atom is -0.306 e. The van der Waals surface area contributed by atoms with Gasteiger partial charge in [-0.1, -0.05) is 24.6 Å². The molecule has 1 nitrogen and oxygen atoms in total. The number of benzene rings is 1. The van der Waals surface area contributed by atoms with E-state index in [-0.39, 0.29) is 6.04 Å². The van der Waals surface area contributed by atoms with Crippen molar-refractivity contribution in [1.82, 2.24) is 5.32 Å². The second-order valence-corrected chi connectivity index (χ2v) is 6.36. The molecular formula is C14H15BrClNS. The van der Waals surface area contributed by atoms with Gasteiger partial charge in [0, 0.05) is 14.4 Å². The molecule has 2 aromatic rings. The lowest BCUT2D eigenvalue weighted by Gasteiger charge is -2.20. The Hall–Kier alpha value is -0.350. The van der Waals surface area contributed by atoms with Gasteiger partial charge in [0.2, 0.25) is 0 Å². The maximum absolute atomic E-state index is 6.13. The maximum atomic E-state index is 6.13.